The summed E-state index contributed by atoms with van der Waals surface area (Å²) in [4.78, 5) is 14.9. The lowest BCUT2D eigenvalue weighted by Crippen LogP contribution is -2.04. The Morgan fingerprint density at radius 1 is 1.47 bits per heavy atom. The van der Waals surface area contributed by atoms with Crippen LogP contribution < -0.4 is 4.74 Å². The third kappa shape index (κ3) is 2.13. The minimum atomic E-state index is -1.04. The Morgan fingerprint density at radius 3 is 2.82 bits per heavy atom. The molecule has 0 fully saturated rings. The average molecular weight is 232 g/mol. The van der Waals surface area contributed by atoms with Gasteiger partial charge in [-0.25, -0.2) is 9.78 Å². The first-order valence-electron chi connectivity index (χ1n) is 5.03. The van der Waals surface area contributed by atoms with Crippen molar-refractivity contribution < 1.29 is 14.6 Å². The molecule has 0 unspecified atom stereocenters. The van der Waals surface area contributed by atoms with Crippen LogP contribution in [0.4, 0.5) is 0 Å². The number of aryl methyl sites for hydroxylation is 1. The lowest BCUT2D eigenvalue weighted by molar-refractivity contribution is 0.0680. The fourth-order valence-electron chi connectivity index (χ4n) is 1.59. The predicted molar refractivity (Wildman–Crippen MR) is 62.2 cm³/mol. The smallest absolute Gasteiger partial charge is 0.372 e. The molecule has 0 spiro atoms. The van der Waals surface area contributed by atoms with E-state index in [0.29, 0.717) is 11.4 Å². The van der Waals surface area contributed by atoms with Crippen molar-refractivity contribution in [3.8, 4) is 17.0 Å². The number of imidazole rings is 1. The van der Waals surface area contributed by atoms with E-state index in [1.165, 1.54) is 4.57 Å². The highest BCUT2D eigenvalue weighted by Crippen LogP contribution is 2.22. The zero-order valence-electron chi connectivity index (χ0n) is 9.54. The van der Waals surface area contributed by atoms with Crippen LogP contribution in [0, 0.1) is 0 Å². The van der Waals surface area contributed by atoms with Gasteiger partial charge in [-0.05, 0) is 12.1 Å². The van der Waals surface area contributed by atoms with Gasteiger partial charge in [-0.15, -0.1) is 0 Å². The number of carboxylic acids is 1. The summed E-state index contributed by atoms with van der Waals surface area (Å²) in [5.41, 5.74) is 1.44. The molecule has 0 saturated carbocycles. The summed E-state index contributed by atoms with van der Waals surface area (Å²) in [6.45, 7) is 0. The first-order valence-corrected chi connectivity index (χ1v) is 5.03. The molecule has 0 aliphatic carbocycles. The first kappa shape index (κ1) is 11.2. The number of nitrogens with zero attached hydrogens (tertiary/aromatic N) is 2. The van der Waals surface area contributed by atoms with Crippen molar-refractivity contribution in [3.63, 3.8) is 0 Å². The number of rotatable bonds is 3. The van der Waals surface area contributed by atoms with Gasteiger partial charge in [0.15, 0.2) is 0 Å². The lowest BCUT2D eigenvalue weighted by atomic mass is 10.1. The molecule has 0 radical (unpaired) electrons. The van der Waals surface area contributed by atoms with Crippen LogP contribution >= 0.6 is 0 Å². The molecule has 5 nitrogen and oxygen atoms in total. The van der Waals surface area contributed by atoms with Gasteiger partial charge in [0.05, 0.1) is 12.8 Å². The summed E-state index contributed by atoms with van der Waals surface area (Å²) in [6.07, 6.45) is 1.68. The van der Waals surface area contributed by atoms with Crippen LogP contribution in [-0.4, -0.2) is 27.7 Å². The number of aromatic nitrogens is 2. The molecule has 0 bridgehead atoms. The molecular formula is C12H12N2O3. The highest BCUT2D eigenvalue weighted by atomic mass is 16.5. The van der Waals surface area contributed by atoms with Crippen molar-refractivity contribution in [2.75, 3.05) is 7.11 Å². The van der Waals surface area contributed by atoms with Crippen LogP contribution in [0.25, 0.3) is 11.3 Å². The maximum Gasteiger partial charge on any atom is 0.372 e. The van der Waals surface area contributed by atoms with E-state index < -0.39 is 5.97 Å². The second-order valence-electron chi connectivity index (χ2n) is 3.60. The van der Waals surface area contributed by atoms with E-state index in [9.17, 15) is 4.79 Å². The maximum absolute atomic E-state index is 10.9. The molecule has 0 atom stereocenters. The quantitative estimate of drug-likeness (QED) is 0.876. The fraction of sp³-hybridized carbons (Fsp3) is 0.167. The summed E-state index contributed by atoms with van der Waals surface area (Å²) >= 11 is 0. The molecule has 17 heavy (non-hydrogen) atoms. The van der Waals surface area contributed by atoms with E-state index in [-0.39, 0.29) is 5.82 Å². The number of ether oxygens (including phenoxy) is 1. The molecule has 0 aliphatic rings. The van der Waals surface area contributed by atoms with E-state index in [4.69, 9.17) is 9.84 Å². The molecular weight excluding hydrogens is 220 g/mol. The van der Waals surface area contributed by atoms with E-state index in [1.807, 2.05) is 24.3 Å². The van der Waals surface area contributed by atoms with Gasteiger partial charge in [-0.2, -0.15) is 0 Å². The van der Waals surface area contributed by atoms with E-state index in [0.717, 1.165) is 5.56 Å². The SMILES string of the molecule is COc1cccc(-c2cn(C)c(C(=O)O)n2)c1. The largest absolute Gasteiger partial charge is 0.497 e. The van der Waals surface area contributed by atoms with Crippen LogP contribution in [0.1, 0.15) is 10.6 Å². The van der Waals surface area contributed by atoms with Crippen LogP contribution in [-0.2, 0) is 7.05 Å². The van der Waals surface area contributed by atoms with E-state index in [1.54, 1.807) is 20.4 Å². The molecule has 1 heterocycles. The van der Waals surface area contributed by atoms with E-state index in [2.05, 4.69) is 4.98 Å². The summed E-state index contributed by atoms with van der Waals surface area (Å²) in [5.74, 6) is -0.311. The molecule has 1 aromatic carbocycles. The third-order valence-electron chi connectivity index (χ3n) is 2.43. The molecule has 2 rings (SSSR count). The van der Waals surface area contributed by atoms with Crippen molar-refractivity contribution in [1.82, 2.24) is 9.55 Å². The molecule has 5 heteroatoms. The highest BCUT2D eigenvalue weighted by molar-refractivity contribution is 5.84. The van der Waals surface area contributed by atoms with Crippen LogP contribution in [0.5, 0.6) is 5.75 Å². The van der Waals surface area contributed by atoms with Gasteiger partial charge in [0.1, 0.15) is 5.75 Å². The summed E-state index contributed by atoms with van der Waals surface area (Å²) in [5, 5.41) is 8.92. The molecule has 2 aromatic rings. The Bertz CT molecular complexity index is 561. The van der Waals surface area contributed by atoms with E-state index >= 15 is 0 Å². The van der Waals surface area contributed by atoms with Gasteiger partial charge in [0, 0.05) is 18.8 Å². The molecule has 0 aliphatic heterocycles. The van der Waals surface area contributed by atoms with Crippen molar-refractivity contribution in [3.05, 3.63) is 36.3 Å². The van der Waals surface area contributed by atoms with Crippen LogP contribution in [0.3, 0.4) is 0 Å². The zero-order valence-corrected chi connectivity index (χ0v) is 9.54. The molecule has 0 saturated heterocycles. The van der Waals surface area contributed by atoms with Gasteiger partial charge < -0.3 is 14.4 Å². The van der Waals surface area contributed by atoms with Crippen molar-refractivity contribution in [2.24, 2.45) is 7.05 Å². The summed E-state index contributed by atoms with van der Waals surface area (Å²) < 4.78 is 6.59. The number of methoxy groups -OCH3 is 1. The first-order chi connectivity index (χ1) is 8.11. The Hall–Kier alpha value is -2.30. The maximum atomic E-state index is 10.9. The standard InChI is InChI=1S/C12H12N2O3/c1-14-7-10(13-11(14)12(15)16)8-4-3-5-9(6-8)17-2/h3-7H,1-2H3,(H,15,16). The summed E-state index contributed by atoms with van der Waals surface area (Å²) in [7, 11) is 3.24. The van der Waals surface area contributed by atoms with Crippen LogP contribution in [0.2, 0.25) is 0 Å². The Morgan fingerprint density at radius 2 is 2.24 bits per heavy atom. The lowest BCUT2D eigenvalue weighted by Gasteiger charge is -2.01. The average Bonchev–Trinajstić information content (AvgIpc) is 2.71. The third-order valence-corrected chi connectivity index (χ3v) is 2.43. The Balaban J connectivity index is 2.46. The van der Waals surface area contributed by atoms with Crippen molar-refractivity contribution in [2.45, 2.75) is 0 Å². The van der Waals surface area contributed by atoms with Crippen molar-refractivity contribution >= 4 is 5.97 Å². The van der Waals surface area contributed by atoms with Gasteiger partial charge in [-0.3, -0.25) is 0 Å². The zero-order chi connectivity index (χ0) is 12.4. The second-order valence-corrected chi connectivity index (χ2v) is 3.60. The summed E-state index contributed by atoms with van der Waals surface area (Å²) in [6, 6.07) is 7.33. The molecule has 1 N–H and O–H groups in total. The minimum absolute atomic E-state index is 0.0165. The second kappa shape index (κ2) is 4.29. The predicted octanol–water partition coefficient (Wildman–Crippen LogP) is 1.79. The van der Waals surface area contributed by atoms with Gasteiger partial charge in [0.25, 0.3) is 0 Å². The highest BCUT2D eigenvalue weighted by Gasteiger charge is 2.13. The normalized spacial score (nSPS) is 10.2. The van der Waals surface area contributed by atoms with Crippen molar-refractivity contribution in [1.29, 1.82) is 0 Å². The van der Waals surface area contributed by atoms with Gasteiger partial charge in [0.2, 0.25) is 5.82 Å². The minimum Gasteiger partial charge on any atom is -0.497 e. The number of aromatic carboxylic acids is 1. The Labute approximate surface area is 98.3 Å². The number of carboxylic acid groups (broad SMARTS) is 1. The Kier molecular flexibility index (Phi) is 2.82. The molecule has 1 aromatic heterocycles. The number of benzene rings is 1. The fourth-order valence-corrected chi connectivity index (χ4v) is 1.59. The molecule has 88 valence electrons. The molecule has 0 amide bonds. The van der Waals surface area contributed by atoms with Crippen LogP contribution in [0.15, 0.2) is 30.5 Å². The van der Waals surface area contributed by atoms with Gasteiger partial charge in [-0.1, -0.05) is 12.1 Å². The van der Waals surface area contributed by atoms with Gasteiger partial charge >= 0.3 is 5.97 Å². The number of hydrogen-bond acceptors (Lipinski definition) is 3. The monoisotopic (exact) mass is 232 g/mol. The topological polar surface area (TPSA) is 64.3 Å². The number of carbonyl (C=O) groups is 1. The number of hydrogen-bond donors (Lipinski definition) is 1.